The van der Waals surface area contributed by atoms with E-state index in [0.29, 0.717) is 64.3 Å². The summed E-state index contributed by atoms with van der Waals surface area (Å²) in [6.07, 6.45) is 0.897. The van der Waals surface area contributed by atoms with Crippen molar-refractivity contribution in [2.24, 2.45) is 0 Å². The number of amides is 2. The summed E-state index contributed by atoms with van der Waals surface area (Å²) >= 11 is 0. The van der Waals surface area contributed by atoms with Crippen molar-refractivity contribution < 1.29 is 24.0 Å². The predicted molar refractivity (Wildman–Crippen MR) is 115 cm³/mol. The third-order valence-electron chi connectivity index (χ3n) is 5.93. The maximum absolute atomic E-state index is 13.2. The molecule has 4 rings (SSSR count). The SMILES string of the molecule is CC(C)(C)OC(=O)N1CCC(N2Cc3cc([N+](=O)[O-])c(N4CCOCC4)nc3C2=O)CC1. The molecule has 3 aliphatic rings. The van der Waals surface area contributed by atoms with Gasteiger partial charge in [0.05, 0.1) is 18.1 Å². The minimum absolute atomic E-state index is 0.0544. The fraction of sp³-hybridized carbons (Fsp3) is 0.667. The van der Waals surface area contributed by atoms with E-state index in [1.807, 2.05) is 20.8 Å². The van der Waals surface area contributed by atoms with Crippen LogP contribution in [0, 0.1) is 10.1 Å². The molecule has 3 aliphatic heterocycles. The molecule has 0 spiro atoms. The molecule has 0 radical (unpaired) electrons. The molecular formula is C21H29N5O6. The van der Waals surface area contributed by atoms with Gasteiger partial charge in [0.15, 0.2) is 0 Å². The van der Waals surface area contributed by atoms with E-state index in [0.717, 1.165) is 0 Å². The number of aromatic nitrogens is 1. The molecule has 1 aromatic rings. The molecule has 0 N–H and O–H groups in total. The molecule has 2 saturated heterocycles. The highest BCUT2D eigenvalue weighted by Gasteiger charge is 2.39. The van der Waals surface area contributed by atoms with Crippen molar-refractivity contribution in [3.05, 3.63) is 27.4 Å². The molecule has 174 valence electrons. The summed E-state index contributed by atoms with van der Waals surface area (Å²) in [6.45, 7) is 8.68. The number of ether oxygens (including phenoxy) is 2. The topological polar surface area (TPSA) is 118 Å². The molecule has 2 fully saturated rings. The lowest BCUT2D eigenvalue weighted by Gasteiger charge is -2.37. The summed E-state index contributed by atoms with van der Waals surface area (Å²) < 4.78 is 10.8. The number of pyridine rings is 1. The molecule has 4 heterocycles. The Balaban J connectivity index is 1.48. The molecule has 1 aromatic heterocycles. The number of nitrogens with zero attached hydrogens (tertiary/aromatic N) is 5. The van der Waals surface area contributed by atoms with Gasteiger partial charge in [0.1, 0.15) is 11.3 Å². The van der Waals surface area contributed by atoms with Gasteiger partial charge in [0, 0.05) is 50.4 Å². The van der Waals surface area contributed by atoms with Gasteiger partial charge in [-0.1, -0.05) is 0 Å². The van der Waals surface area contributed by atoms with Crippen LogP contribution in [0.1, 0.15) is 49.7 Å². The van der Waals surface area contributed by atoms with Crippen molar-refractivity contribution in [3.63, 3.8) is 0 Å². The van der Waals surface area contributed by atoms with Gasteiger partial charge < -0.3 is 24.2 Å². The van der Waals surface area contributed by atoms with Crippen LogP contribution >= 0.6 is 0 Å². The van der Waals surface area contributed by atoms with Crippen LogP contribution in [-0.4, -0.2) is 82.7 Å². The van der Waals surface area contributed by atoms with Gasteiger partial charge in [-0.2, -0.15) is 0 Å². The maximum atomic E-state index is 13.2. The van der Waals surface area contributed by atoms with Gasteiger partial charge >= 0.3 is 11.8 Å². The number of hydrogen-bond donors (Lipinski definition) is 0. The van der Waals surface area contributed by atoms with Crippen molar-refractivity contribution in [1.82, 2.24) is 14.8 Å². The Labute approximate surface area is 186 Å². The molecule has 2 amide bonds. The lowest BCUT2D eigenvalue weighted by atomic mass is 10.0. The standard InChI is InChI=1S/C21H29N5O6/c1-21(2,3)32-20(28)24-6-4-15(5-7-24)25-13-14-12-16(26(29)30)18(22-17(14)19(25)27)23-8-10-31-11-9-23/h12,15H,4-11,13H2,1-3H3. The summed E-state index contributed by atoms with van der Waals surface area (Å²) in [4.78, 5) is 46.4. The minimum atomic E-state index is -0.556. The number of anilines is 1. The summed E-state index contributed by atoms with van der Waals surface area (Å²) in [5, 5.41) is 11.7. The molecule has 0 saturated carbocycles. The fourth-order valence-corrected chi connectivity index (χ4v) is 4.35. The van der Waals surface area contributed by atoms with Crippen LogP contribution in [0.3, 0.4) is 0 Å². The number of carbonyl (C=O) groups excluding carboxylic acids is 2. The quantitative estimate of drug-likeness (QED) is 0.511. The Kier molecular flexibility index (Phi) is 5.93. The van der Waals surface area contributed by atoms with Crippen molar-refractivity contribution >= 4 is 23.5 Å². The first-order chi connectivity index (χ1) is 15.1. The number of rotatable bonds is 3. The number of likely N-dealkylation sites (tertiary alicyclic amines) is 1. The van der Waals surface area contributed by atoms with E-state index >= 15 is 0 Å². The van der Waals surface area contributed by atoms with Crippen molar-refractivity contribution in [2.75, 3.05) is 44.3 Å². The van der Waals surface area contributed by atoms with E-state index in [2.05, 4.69) is 4.98 Å². The Morgan fingerprint density at radius 3 is 2.47 bits per heavy atom. The summed E-state index contributed by atoms with van der Waals surface area (Å²) in [5.41, 5.74) is 0.221. The maximum Gasteiger partial charge on any atom is 0.410 e. The second kappa shape index (κ2) is 8.53. The molecule has 0 aromatic carbocycles. The first kappa shape index (κ1) is 22.3. The first-order valence-electron chi connectivity index (χ1n) is 10.9. The van der Waals surface area contributed by atoms with Crippen LogP contribution in [0.2, 0.25) is 0 Å². The summed E-state index contributed by atoms with van der Waals surface area (Å²) in [6, 6.07) is 1.43. The van der Waals surface area contributed by atoms with Gasteiger partial charge in [-0.3, -0.25) is 14.9 Å². The minimum Gasteiger partial charge on any atom is -0.444 e. The molecule has 0 bridgehead atoms. The Morgan fingerprint density at radius 2 is 1.88 bits per heavy atom. The second-order valence-electron chi connectivity index (χ2n) is 9.33. The normalized spacial score (nSPS) is 19.8. The zero-order valence-corrected chi connectivity index (χ0v) is 18.7. The van der Waals surface area contributed by atoms with Gasteiger partial charge in [-0.05, 0) is 33.6 Å². The monoisotopic (exact) mass is 447 g/mol. The van der Waals surface area contributed by atoms with Gasteiger partial charge in [0.25, 0.3) is 5.91 Å². The van der Waals surface area contributed by atoms with E-state index in [4.69, 9.17) is 9.47 Å². The van der Waals surface area contributed by atoms with Crippen LogP contribution in [-0.2, 0) is 16.0 Å². The third-order valence-corrected chi connectivity index (χ3v) is 5.93. The van der Waals surface area contributed by atoms with E-state index < -0.39 is 10.5 Å². The lowest BCUT2D eigenvalue weighted by Crippen LogP contribution is -2.48. The highest BCUT2D eigenvalue weighted by atomic mass is 16.6. The average Bonchev–Trinajstić information content (AvgIpc) is 3.08. The largest absolute Gasteiger partial charge is 0.444 e. The number of fused-ring (bicyclic) bond motifs is 1. The molecule has 11 heteroatoms. The average molecular weight is 447 g/mol. The number of carbonyl (C=O) groups is 2. The Bertz CT molecular complexity index is 916. The van der Waals surface area contributed by atoms with Crippen molar-refractivity contribution in [1.29, 1.82) is 0 Å². The number of nitro groups is 1. The van der Waals surface area contributed by atoms with Crippen LogP contribution < -0.4 is 4.90 Å². The van der Waals surface area contributed by atoms with E-state index in [1.165, 1.54) is 6.07 Å². The molecule has 0 atom stereocenters. The van der Waals surface area contributed by atoms with E-state index in [-0.39, 0.29) is 35.2 Å². The summed E-state index contributed by atoms with van der Waals surface area (Å²) in [7, 11) is 0. The molecule has 0 aliphatic carbocycles. The summed E-state index contributed by atoms with van der Waals surface area (Å²) in [5.74, 6) is 0.0205. The predicted octanol–water partition coefficient (Wildman–Crippen LogP) is 2.18. The van der Waals surface area contributed by atoms with Crippen molar-refractivity contribution in [3.8, 4) is 0 Å². The number of piperidine rings is 1. The highest BCUT2D eigenvalue weighted by Crippen LogP contribution is 2.35. The van der Waals surface area contributed by atoms with E-state index in [9.17, 15) is 19.7 Å². The van der Waals surface area contributed by atoms with Crippen LogP contribution in [0.5, 0.6) is 0 Å². The molecule has 32 heavy (non-hydrogen) atoms. The zero-order valence-electron chi connectivity index (χ0n) is 18.7. The van der Waals surface area contributed by atoms with Crippen LogP contribution in [0.25, 0.3) is 0 Å². The second-order valence-corrected chi connectivity index (χ2v) is 9.33. The molecule has 11 nitrogen and oxygen atoms in total. The number of morpholine rings is 1. The molecular weight excluding hydrogens is 418 g/mol. The molecule has 0 unspecified atom stereocenters. The van der Waals surface area contributed by atoms with Gasteiger partial charge in [0.2, 0.25) is 5.82 Å². The van der Waals surface area contributed by atoms with Gasteiger partial charge in [-0.25, -0.2) is 9.78 Å². The van der Waals surface area contributed by atoms with Crippen molar-refractivity contribution in [2.45, 2.75) is 51.8 Å². The highest BCUT2D eigenvalue weighted by molar-refractivity contribution is 5.97. The van der Waals surface area contributed by atoms with Gasteiger partial charge in [-0.15, -0.1) is 0 Å². The first-order valence-corrected chi connectivity index (χ1v) is 10.9. The smallest absolute Gasteiger partial charge is 0.410 e. The zero-order chi connectivity index (χ0) is 23.0. The number of hydrogen-bond acceptors (Lipinski definition) is 8. The Hall–Kier alpha value is -2.95. The van der Waals surface area contributed by atoms with E-state index in [1.54, 1.807) is 14.7 Å². The van der Waals surface area contributed by atoms with Crippen LogP contribution in [0.4, 0.5) is 16.3 Å². The fourth-order valence-electron chi connectivity index (χ4n) is 4.35. The third kappa shape index (κ3) is 4.47. The Morgan fingerprint density at radius 1 is 1.22 bits per heavy atom. The van der Waals surface area contributed by atoms with Crippen LogP contribution in [0.15, 0.2) is 6.07 Å². The lowest BCUT2D eigenvalue weighted by molar-refractivity contribution is -0.384.